The summed E-state index contributed by atoms with van der Waals surface area (Å²) in [6.45, 7) is 0. The van der Waals surface area contributed by atoms with Crippen LogP contribution < -0.4 is 0 Å². The number of alkyl halides is 1. The number of hydrogen-bond donors (Lipinski definition) is 0. The molecule has 17 heavy (non-hydrogen) atoms. The van der Waals surface area contributed by atoms with Crippen molar-refractivity contribution in [2.24, 2.45) is 0 Å². The van der Waals surface area contributed by atoms with Crippen LogP contribution in [0.3, 0.4) is 0 Å². The Morgan fingerprint density at radius 1 is 1.24 bits per heavy atom. The topological polar surface area (TPSA) is 0 Å². The molecule has 0 bridgehead atoms. The van der Waals surface area contributed by atoms with Crippen LogP contribution in [0.2, 0.25) is 0 Å². The van der Waals surface area contributed by atoms with Crippen LogP contribution in [0.1, 0.15) is 16.0 Å². The van der Waals surface area contributed by atoms with E-state index in [-0.39, 0.29) is 10.4 Å². The molecule has 0 saturated carbocycles. The summed E-state index contributed by atoms with van der Waals surface area (Å²) in [5.74, 6) is -1.07. The predicted octanol–water partition coefficient (Wildman–Crippen LogP) is 5.47. The summed E-state index contributed by atoms with van der Waals surface area (Å²) in [6, 6.07) is 4.51. The fraction of sp³-hybridized carbons (Fsp3) is 0.167. The zero-order valence-corrected chi connectivity index (χ0v) is 12.6. The van der Waals surface area contributed by atoms with Gasteiger partial charge in [-0.2, -0.15) is 11.3 Å². The zero-order valence-electron chi connectivity index (χ0n) is 8.59. The molecule has 0 N–H and O–H groups in total. The molecule has 0 spiro atoms. The average Bonchev–Trinajstić information content (AvgIpc) is 2.68. The van der Waals surface area contributed by atoms with Gasteiger partial charge in [0.15, 0.2) is 0 Å². The van der Waals surface area contributed by atoms with Gasteiger partial charge in [-0.3, -0.25) is 0 Å². The third-order valence-corrected chi connectivity index (χ3v) is 4.32. The number of hydrogen-bond acceptors (Lipinski definition) is 1. The van der Waals surface area contributed by atoms with Gasteiger partial charge in [-0.25, -0.2) is 8.78 Å². The van der Waals surface area contributed by atoms with E-state index < -0.39 is 11.6 Å². The fourth-order valence-electron chi connectivity index (χ4n) is 1.57. The minimum absolute atomic E-state index is 0.0828. The Kier molecular flexibility index (Phi) is 4.33. The zero-order chi connectivity index (χ0) is 12.4. The van der Waals surface area contributed by atoms with Crippen LogP contribution in [0.15, 0.2) is 33.4 Å². The van der Waals surface area contributed by atoms with Crippen molar-refractivity contribution < 1.29 is 8.78 Å². The van der Waals surface area contributed by atoms with Crippen molar-refractivity contribution in [3.8, 4) is 0 Å². The van der Waals surface area contributed by atoms with Crippen LogP contribution in [0.5, 0.6) is 0 Å². The molecule has 0 aliphatic rings. The van der Waals surface area contributed by atoms with E-state index in [0.717, 1.165) is 5.56 Å². The van der Waals surface area contributed by atoms with Gasteiger partial charge in [0, 0.05) is 14.9 Å². The smallest absolute Gasteiger partial charge is 0.131 e. The highest BCUT2D eigenvalue weighted by atomic mass is 79.9. The number of thiophene rings is 1. The highest BCUT2D eigenvalue weighted by Gasteiger charge is 2.19. The van der Waals surface area contributed by atoms with Crippen LogP contribution in [0.4, 0.5) is 8.78 Å². The van der Waals surface area contributed by atoms with Gasteiger partial charge in [0.1, 0.15) is 11.6 Å². The van der Waals surface area contributed by atoms with Gasteiger partial charge >= 0.3 is 0 Å². The van der Waals surface area contributed by atoms with Gasteiger partial charge in [-0.05, 0) is 40.9 Å². The van der Waals surface area contributed by atoms with E-state index in [1.165, 1.54) is 12.1 Å². The molecule has 1 aromatic heterocycles. The van der Waals surface area contributed by atoms with Crippen molar-refractivity contribution in [3.63, 3.8) is 0 Å². The predicted molar refractivity (Wildman–Crippen MR) is 73.7 cm³/mol. The summed E-state index contributed by atoms with van der Waals surface area (Å²) in [5, 5.41) is 3.92. The molecule has 0 aliphatic carbocycles. The molecule has 1 unspecified atom stereocenters. The lowest BCUT2D eigenvalue weighted by Gasteiger charge is -2.12. The molecular formula is C12H8Br2F2S. The highest BCUT2D eigenvalue weighted by Crippen LogP contribution is 2.33. The third-order valence-electron chi connectivity index (χ3n) is 2.35. The molecular weight excluding hydrogens is 374 g/mol. The number of benzene rings is 1. The summed E-state index contributed by atoms with van der Waals surface area (Å²) in [6.07, 6.45) is 0.568. The molecule has 2 aromatic rings. The molecule has 1 aromatic carbocycles. The normalized spacial score (nSPS) is 12.7. The second-order valence-corrected chi connectivity index (χ2v) is 6.39. The Hall–Kier alpha value is -0.260. The first-order valence-electron chi connectivity index (χ1n) is 4.87. The molecule has 5 heteroatoms. The Labute approximate surface area is 119 Å². The molecule has 0 saturated heterocycles. The van der Waals surface area contributed by atoms with E-state index in [0.29, 0.717) is 10.9 Å². The first-order chi connectivity index (χ1) is 8.08. The van der Waals surface area contributed by atoms with E-state index in [4.69, 9.17) is 0 Å². The number of rotatable bonds is 3. The molecule has 90 valence electrons. The summed E-state index contributed by atoms with van der Waals surface area (Å²) in [4.78, 5) is -0.356. The molecule has 0 aliphatic heterocycles. The van der Waals surface area contributed by atoms with Crippen molar-refractivity contribution in [3.05, 3.63) is 56.2 Å². The van der Waals surface area contributed by atoms with E-state index in [1.807, 2.05) is 16.8 Å². The summed E-state index contributed by atoms with van der Waals surface area (Å²) >= 11 is 7.98. The lowest BCUT2D eigenvalue weighted by molar-refractivity contribution is 0.552. The average molecular weight is 382 g/mol. The van der Waals surface area contributed by atoms with Crippen LogP contribution in [0.25, 0.3) is 0 Å². The quantitative estimate of drug-likeness (QED) is 0.618. The largest absolute Gasteiger partial charge is 0.207 e. The molecule has 0 radical (unpaired) electrons. The lowest BCUT2D eigenvalue weighted by atomic mass is 10.1. The van der Waals surface area contributed by atoms with Gasteiger partial charge in [0.2, 0.25) is 0 Å². The molecule has 1 heterocycles. The van der Waals surface area contributed by atoms with E-state index in [9.17, 15) is 8.78 Å². The second kappa shape index (κ2) is 5.59. The fourth-order valence-corrected chi connectivity index (χ4v) is 3.47. The molecule has 0 nitrogen and oxygen atoms in total. The summed E-state index contributed by atoms with van der Waals surface area (Å²) in [5.41, 5.74) is 1.15. The van der Waals surface area contributed by atoms with Crippen molar-refractivity contribution >= 4 is 43.2 Å². The maximum absolute atomic E-state index is 13.7. The molecule has 2 rings (SSSR count). The van der Waals surface area contributed by atoms with Gasteiger partial charge in [-0.1, -0.05) is 31.9 Å². The maximum atomic E-state index is 13.7. The van der Waals surface area contributed by atoms with E-state index >= 15 is 0 Å². The van der Waals surface area contributed by atoms with Crippen LogP contribution in [0, 0.1) is 11.6 Å². The summed E-state index contributed by atoms with van der Waals surface area (Å²) in [7, 11) is 0. The van der Waals surface area contributed by atoms with E-state index in [2.05, 4.69) is 31.9 Å². The van der Waals surface area contributed by atoms with Gasteiger partial charge < -0.3 is 0 Å². The summed E-state index contributed by atoms with van der Waals surface area (Å²) < 4.78 is 27.8. The minimum atomic E-state index is -0.533. The maximum Gasteiger partial charge on any atom is 0.131 e. The second-order valence-electron chi connectivity index (χ2n) is 3.59. The van der Waals surface area contributed by atoms with Crippen LogP contribution >= 0.6 is 43.2 Å². The lowest BCUT2D eigenvalue weighted by Crippen LogP contribution is -2.01. The van der Waals surface area contributed by atoms with Crippen molar-refractivity contribution in [2.75, 3.05) is 0 Å². The first-order valence-corrected chi connectivity index (χ1v) is 7.52. The minimum Gasteiger partial charge on any atom is -0.207 e. The third kappa shape index (κ3) is 3.14. The Morgan fingerprint density at radius 2 is 1.88 bits per heavy atom. The first kappa shape index (κ1) is 13.2. The van der Waals surface area contributed by atoms with Crippen LogP contribution in [-0.4, -0.2) is 0 Å². The Bertz CT molecular complexity index is 488. The standard InChI is InChI=1S/C12H8Br2F2S/c13-8-4-10(15)12(11(16)5-8)9(14)3-7-1-2-17-6-7/h1-2,4-6,9H,3H2. The molecule has 0 fully saturated rings. The SMILES string of the molecule is Fc1cc(Br)cc(F)c1C(Br)Cc1ccsc1. The Morgan fingerprint density at radius 3 is 2.41 bits per heavy atom. The molecule has 0 amide bonds. The van der Waals surface area contributed by atoms with Crippen molar-refractivity contribution in [1.29, 1.82) is 0 Å². The Balaban J connectivity index is 2.27. The van der Waals surface area contributed by atoms with Gasteiger partial charge in [-0.15, -0.1) is 0 Å². The molecule has 1 atom stereocenters. The van der Waals surface area contributed by atoms with Crippen molar-refractivity contribution in [1.82, 2.24) is 0 Å². The van der Waals surface area contributed by atoms with Crippen LogP contribution in [-0.2, 0) is 6.42 Å². The monoisotopic (exact) mass is 380 g/mol. The van der Waals surface area contributed by atoms with Gasteiger partial charge in [0.05, 0.1) is 0 Å². The van der Waals surface area contributed by atoms with E-state index in [1.54, 1.807) is 11.3 Å². The van der Waals surface area contributed by atoms with Crippen molar-refractivity contribution in [2.45, 2.75) is 11.2 Å². The van der Waals surface area contributed by atoms with Gasteiger partial charge in [0.25, 0.3) is 0 Å². The number of halogens is 4. The highest BCUT2D eigenvalue weighted by molar-refractivity contribution is 9.10.